The van der Waals surface area contributed by atoms with Gasteiger partial charge in [-0.25, -0.2) is 0 Å². The van der Waals surface area contributed by atoms with Gasteiger partial charge >= 0.3 is 0 Å². The molecule has 0 bridgehead atoms. The molecule has 1 amide bonds. The third-order valence-electron chi connectivity index (χ3n) is 7.27. The number of aromatic nitrogens is 1. The molecule has 2 fully saturated rings. The molecule has 152 valence electrons. The van der Waals surface area contributed by atoms with Crippen molar-refractivity contribution in [2.75, 3.05) is 19.6 Å². The molecule has 5 rings (SSSR count). The van der Waals surface area contributed by atoms with Gasteiger partial charge in [-0.3, -0.25) is 14.7 Å². The molecule has 1 atom stereocenters. The van der Waals surface area contributed by atoms with Crippen molar-refractivity contribution in [3.63, 3.8) is 0 Å². The van der Waals surface area contributed by atoms with Gasteiger partial charge in [-0.15, -0.1) is 0 Å². The van der Waals surface area contributed by atoms with Crippen LogP contribution in [-0.2, 0) is 16.8 Å². The van der Waals surface area contributed by atoms with Crippen molar-refractivity contribution >= 4 is 5.91 Å². The van der Waals surface area contributed by atoms with Gasteiger partial charge < -0.3 is 5.32 Å². The lowest BCUT2D eigenvalue weighted by Gasteiger charge is -2.40. The van der Waals surface area contributed by atoms with E-state index >= 15 is 0 Å². The van der Waals surface area contributed by atoms with E-state index in [9.17, 15) is 4.79 Å². The molecule has 0 unspecified atom stereocenters. The van der Waals surface area contributed by atoms with Gasteiger partial charge in [0.2, 0.25) is 5.91 Å². The highest BCUT2D eigenvalue weighted by Gasteiger charge is 2.45. The zero-order valence-electron chi connectivity index (χ0n) is 17.1. The van der Waals surface area contributed by atoms with Crippen molar-refractivity contribution in [2.45, 2.75) is 56.4 Å². The van der Waals surface area contributed by atoms with Gasteiger partial charge in [0.15, 0.2) is 0 Å². The van der Waals surface area contributed by atoms with Crippen LogP contribution in [0.5, 0.6) is 0 Å². The number of piperidine rings is 1. The van der Waals surface area contributed by atoms with Gasteiger partial charge in [0.05, 0.1) is 0 Å². The highest BCUT2D eigenvalue weighted by Crippen LogP contribution is 2.52. The number of rotatable bonds is 6. The number of nitrogens with one attached hydrogen (secondary N) is 1. The van der Waals surface area contributed by atoms with Crippen molar-refractivity contribution < 1.29 is 4.79 Å². The lowest BCUT2D eigenvalue weighted by atomic mass is 9.73. The van der Waals surface area contributed by atoms with Crippen molar-refractivity contribution in [1.82, 2.24) is 15.2 Å². The molecule has 0 radical (unpaired) electrons. The minimum Gasteiger partial charge on any atom is -0.356 e. The number of carbonyl (C=O) groups excluding carboxylic acids is 1. The summed E-state index contributed by atoms with van der Waals surface area (Å²) in [5.74, 6) is 1.35. The Morgan fingerprint density at radius 1 is 1.14 bits per heavy atom. The highest BCUT2D eigenvalue weighted by atomic mass is 16.1. The molecular formula is C25H31N3O. The molecule has 29 heavy (non-hydrogen) atoms. The fourth-order valence-electron chi connectivity index (χ4n) is 5.45. The number of nitrogens with zero attached hydrogens (tertiary/aromatic N) is 2. The molecule has 1 N–H and O–H groups in total. The maximum absolute atomic E-state index is 12.5. The summed E-state index contributed by atoms with van der Waals surface area (Å²) in [6.45, 7) is 4.09. The molecule has 4 heteroatoms. The fourth-order valence-corrected chi connectivity index (χ4v) is 5.45. The zero-order chi connectivity index (χ0) is 19.7. The molecule has 1 saturated carbocycles. The van der Waals surface area contributed by atoms with Gasteiger partial charge in [0.25, 0.3) is 0 Å². The molecular weight excluding hydrogens is 358 g/mol. The molecule has 2 aliphatic carbocycles. The molecule has 1 aliphatic heterocycles. The van der Waals surface area contributed by atoms with E-state index in [4.69, 9.17) is 0 Å². The number of carbonyl (C=O) groups is 1. The number of benzene rings is 1. The van der Waals surface area contributed by atoms with Gasteiger partial charge in [-0.2, -0.15) is 0 Å². The number of hydrogen-bond acceptors (Lipinski definition) is 3. The van der Waals surface area contributed by atoms with E-state index in [1.807, 2.05) is 18.5 Å². The molecule has 3 aliphatic rings. The first kappa shape index (κ1) is 18.8. The SMILES string of the molecule is O=C(C[C@H]1CC2(CCN(Cc3cccnc3)CC2)c2ccccc21)NCC1CC1. The van der Waals surface area contributed by atoms with Crippen LogP contribution in [-0.4, -0.2) is 35.4 Å². The predicted octanol–water partition coefficient (Wildman–Crippen LogP) is 4.02. The Morgan fingerprint density at radius 3 is 2.72 bits per heavy atom. The second kappa shape index (κ2) is 7.91. The zero-order valence-corrected chi connectivity index (χ0v) is 17.1. The lowest BCUT2D eigenvalue weighted by Crippen LogP contribution is -2.41. The minimum absolute atomic E-state index is 0.239. The van der Waals surface area contributed by atoms with Crippen molar-refractivity contribution in [3.05, 3.63) is 65.5 Å². The van der Waals surface area contributed by atoms with Crippen molar-refractivity contribution in [3.8, 4) is 0 Å². The topological polar surface area (TPSA) is 45.2 Å². The van der Waals surface area contributed by atoms with Crippen LogP contribution in [0.15, 0.2) is 48.8 Å². The van der Waals surface area contributed by atoms with Crippen LogP contribution in [0.2, 0.25) is 0 Å². The molecule has 1 spiro atoms. The number of amides is 1. The molecule has 4 nitrogen and oxygen atoms in total. The molecule has 1 aromatic carbocycles. The monoisotopic (exact) mass is 389 g/mol. The van der Waals surface area contributed by atoms with Crippen LogP contribution in [0, 0.1) is 5.92 Å². The quantitative estimate of drug-likeness (QED) is 0.812. The number of pyridine rings is 1. The maximum Gasteiger partial charge on any atom is 0.220 e. The summed E-state index contributed by atoms with van der Waals surface area (Å²) < 4.78 is 0. The van der Waals surface area contributed by atoms with Crippen LogP contribution < -0.4 is 5.32 Å². The summed E-state index contributed by atoms with van der Waals surface area (Å²) in [5.41, 5.74) is 4.49. The highest BCUT2D eigenvalue weighted by molar-refractivity contribution is 5.77. The first-order valence-corrected chi connectivity index (χ1v) is 11.2. The second-order valence-electron chi connectivity index (χ2n) is 9.36. The summed E-state index contributed by atoms with van der Waals surface area (Å²) in [6.07, 6.45) is 10.5. The summed E-state index contributed by atoms with van der Waals surface area (Å²) in [6, 6.07) is 13.1. The van der Waals surface area contributed by atoms with Crippen molar-refractivity contribution in [1.29, 1.82) is 0 Å². The van der Waals surface area contributed by atoms with E-state index in [0.29, 0.717) is 12.3 Å². The first-order valence-electron chi connectivity index (χ1n) is 11.2. The predicted molar refractivity (Wildman–Crippen MR) is 115 cm³/mol. The Balaban J connectivity index is 1.25. The first-order chi connectivity index (χ1) is 14.2. The number of hydrogen-bond donors (Lipinski definition) is 1. The lowest BCUT2D eigenvalue weighted by molar-refractivity contribution is -0.121. The van der Waals surface area contributed by atoms with Gasteiger partial charge in [-0.1, -0.05) is 30.3 Å². The Hall–Kier alpha value is -2.20. The van der Waals surface area contributed by atoms with Crippen LogP contribution in [0.25, 0.3) is 0 Å². The van der Waals surface area contributed by atoms with Crippen LogP contribution >= 0.6 is 0 Å². The van der Waals surface area contributed by atoms with E-state index in [2.05, 4.69) is 45.5 Å². The van der Waals surface area contributed by atoms with E-state index in [1.165, 1.54) is 42.4 Å². The minimum atomic E-state index is 0.239. The average molecular weight is 390 g/mol. The average Bonchev–Trinajstić information content (AvgIpc) is 3.54. The van der Waals surface area contributed by atoms with Crippen LogP contribution in [0.1, 0.15) is 61.1 Å². The largest absolute Gasteiger partial charge is 0.356 e. The Morgan fingerprint density at radius 2 is 1.97 bits per heavy atom. The van der Waals surface area contributed by atoms with Gasteiger partial charge in [0, 0.05) is 31.9 Å². The number of fused-ring (bicyclic) bond motifs is 2. The summed E-state index contributed by atoms with van der Waals surface area (Å²) >= 11 is 0. The van der Waals surface area contributed by atoms with Crippen LogP contribution in [0.4, 0.5) is 0 Å². The normalized spacial score (nSPS) is 23.1. The summed E-state index contributed by atoms with van der Waals surface area (Å²) in [5, 5.41) is 3.17. The second-order valence-corrected chi connectivity index (χ2v) is 9.36. The van der Waals surface area contributed by atoms with Gasteiger partial charge in [0.1, 0.15) is 0 Å². The molecule has 2 aromatic rings. The Labute approximate surface area is 173 Å². The van der Waals surface area contributed by atoms with Gasteiger partial charge in [-0.05, 0) is 85.2 Å². The van der Waals surface area contributed by atoms with E-state index < -0.39 is 0 Å². The molecule has 1 aromatic heterocycles. The number of likely N-dealkylation sites (tertiary alicyclic amines) is 1. The maximum atomic E-state index is 12.5. The molecule has 2 heterocycles. The van der Waals surface area contributed by atoms with E-state index in [0.717, 1.165) is 38.5 Å². The van der Waals surface area contributed by atoms with Crippen LogP contribution in [0.3, 0.4) is 0 Å². The Kier molecular flexibility index (Phi) is 5.13. The smallest absolute Gasteiger partial charge is 0.220 e. The van der Waals surface area contributed by atoms with E-state index in [1.54, 1.807) is 0 Å². The standard InChI is InChI=1S/C25H31N3O/c29-24(27-17-19-7-8-19)14-21-15-25(23-6-2-1-5-22(21)23)9-12-28(13-10-25)18-20-4-3-11-26-16-20/h1-6,11,16,19,21H,7-10,12-15,17-18H2,(H,27,29)/t21-/m0/s1. The summed E-state index contributed by atoms with van der Waals surface area (Å²) in [4.78, 5) is 19.4. The van der Waals surface area contributed by atoms with E-state index in [-0.39, 0.29) is 11.3 Å². The molecule has 1 saturated heterocycles. The van der Waals surface area contributed by atoms with Crippen molar-refractivity contribution in [2.24, 2.45) is 5.92 Å². The third-order valence-corrected chi connectivity index (χ3v) is 7.27. The third kappa shape index (κ3) is 4.09. The summed E-state index contributed by atoms with van der Waals surface area (Å²) in [7, 11) is 0. The Bertz CT molecular complexity index is 853. The fraction of sp³-hybridized carbons (Fsp3) is 0.520.